The number of hydrogen-bond acceptors (Lipinski definition) is 2. The molecule has 124 valence electrons. The highest BCUT2D eigenvalue weighted by atomic mass is 127. The molecule has 0 unspecified atom stereocenters. The maximum absolute atomic E-state index is 13.3. The fourth-order valence-corrected chi connectivity index (χ4v) is 2.09. The van der Waals surface area contributed by atoms with Gasteiger partial charge in [0.05, 0.1) is 0 Å². The summed E-state index contributed by atoms with van der Waals surface area (Å²) < 4.78 is 13.3. The monoisotopic (exact) mass is 449 g/mol. The molecule has 0 atom stereocenters. The van der Waals surface area contributed by atoms with E-state index in [-0.39, 0.29) is 29.7 Å². The zero-order valence-corrected chi connectivity index (χ0v) is 15.6. The van der Waals surface area contributed by atoms with Gasteiger partial charge in [0.2, 0.25) is 0 Å². The lowest BCUT2D eigenvalue weighted by Gasteiger charge is -2.13. The van der Waals surface area contributed by atoms with Gasteiger partial charge in [0.15, 0.2) is 17.5 Å². The van der Waals surface area contributed by atoms with E-state index in [1.165, 1.54) is 12.1 Å². The third-order valence-electron chi connectivity index (χ3n) is 3.10. The molecule has 0 aliphatic heterocycles. The molecule has 0 radical (unpaired) electrons. The van der Waals surface area contributed by atoms with E-state index in [4.69, 9.17) is 16.7 Å². The predicted molar refractivity (Wildman–Crippen MR) is 102 cm³/mol. The van der Waals surface area contributed by atoms with E-state index in [0.29, 0.717) is 29.6 Å². The van der Waals surface area contributed by atoms with Gasteiger partial charge in [-0.15, -0.1) is 24.0 Å². The number of benzene rings is 2. The first kappa shape index (κ1) is 19.5. The minimum absolute atomic E-state index is 0. The number of aromatic hydroxyl groups is 1. The topological polar surface area (TPSA) is 56.7 Å². The van der Waals surface area contributed by atoms with Crippen molar-refractivity contribution >= 4 is 41.5 Å². The summed E-state index contributed by atoms with van der Waals surface area (Å²) in [6.45, 7) is 0.919. The number of phenolic OH excluding ortho intramolecular Hbond substituents is 1. The van der Waals surface area contributed by atoms with E-state index in [9.17, 15) is 4.39 Å². The molecule has 4 nitrogen and oxygen atoms in total. The van der Waals surface area contributed by atoms with Crippen molar-refractivity contribution in [2.24, 2.45) is 4.99 Å². The van der Waals surface area contributed by atoms with Crippen molar-refractivity contribution in [3.05, 3.63) is 64.4 Å². The van der Waals surface area contributed by atoms with Gasteiger partial charge in [-0.1, -0.05) is 35.9 Å². The second kappa shape index (κ2) is 9.57. The number of halogens is 3. The Morgan fingerprint density at radius 2 is 1.87 bits per heavy atom. The van der Waals surface area contributed by atoms with Crippen LogP contribution >= 0.6 is 35.6 Å². The van der Waals surface area contributed by atoms with E-state index in [1.807, 2.05) is 24.3 Å². The molecule has 2 aromatic rings. The van der Waals surface area contributed by atoms with Gasteiger partial charge in [0, 0.05) is 25.2 Å². The first-order chi connectivity index (χ1) is 10.6. The molecule has 0 aliphatic carbocycles. The van der Waals surface area contributed by atoms with Crippen molar-refractivity contribution in [3.63, 3.8) is 0 Å². The Kier molecular flexibility index (Phi) is 8.11. The fourth-order valence-electron chi connectivity index (χ4n) is 1.89. The van der Waals surface area contributed by atoms with Crippen LogP contribution in [0, 0.1) is 5.82 Å². The average Bonchev–Trinajstić information content (AvgIpc) is 2.52. The summed E-state index contributed by atoms with van der Waals surface area (Å²) in [5.41, 5.74) is 1.67. The minimum atomic E-state index is -0.640. The molecular formula is C16H18ClFIN3O. The molecule has 0 fully saturated rings. The van der Waals surface area contributed by atoms with E-state index < -0.39 is 5.82 Å². The van der Waals surface area contributed by atoms with E-state index in [1.54, 1.807) is 13.1 Å². The third kappa shape index (κ3) is 5.87. The molecule has 0 bridgehead atoms. The molecule has 2 rings (SSSR count). The maximum Gasteiger partial charge on any atom is 0.191 e. The fraction of sp³-hybridized carbons (Fsp3) is 0.188. The van der Waals surface area contributed by atoms with Crippen LogP contribution in [0.1, 0.15) is 11.1 Å². The molecule has 0 saturated heterocycles. The van der Waals surface area contributed by atoms with Gasteiger partial charge < -0.3 is 15.7 Å². The van der Waals surface area contributed by atoms with Crippen LogP contribution in [0.2, 0.25) is 5.02 Å². The SMILES string of the molecule is CN=C(NCc1ccc(O)c(F)c1)NCc1ccccc1Cl.I. The van der Waals surface area contributed by atoms with Crippen LogP contribution in [-0.2, 0) is 13.1 Å². The van der Waals surface area contributed by atoms with Gasteiger partial charge in [-0.2, -0.15) is 0 Å². The number of aliphatic imine (C=N–C) groups is 1. The maximum atomic E-state index is 13.3. The number of hydrogen-bond donors (Lipinski definition) is 3. The van der Waals surface area contributed by atoms with Crippen molar-refractivity contribution < 1.29 is 9.50 Å². The molecule has 0 aromatic heterocycles. The van der Waals surface area contributed by atoms with E-state index in [0.717, 1.165) is 5.56 Å². The van der Waals surface area contributed by atoms with Gasteiger partial charge in [-0.3, -0.25) is 4.99 Å². The summed E-state index contributed by atoms with van der Waals surface area (Å²) in [7, 11) is 1.65. The largest absolute Gasteiger partial charge is 0.505 e. The first-order valence-electron chi connectivity index (χ1n) is 6.75. The summed E-state index contributed by atoms with van der Waals surface area (Å²) in [5, 5.41) is 16.0. The van der Waals surface area contributed by atoms with Crippen LogP contribution in [0.4, 0.5) is 4.39 Å². The number of rotatable bonds is 4. The molecule has 2 aromatic carbocycles. The van der Waals surface area contributed by atoms with Crippen molar-refractivity contribution in [2.45, 2.75) is 13.1 Å². The van der Waals surface area contributed by atoms with Gasteiger partial charge in [-0.05, 0) is 29.3 Å². The summed E-state index contributed by atoms with van der Waals surface area (Å²) >= 11 is 6.09. The van der Waals surface area contributed by atoms with Crippen molar-refractivity contribution in [1.29, 1.82) is 0 Å². The zero-order valence-electron chi connectivity index (χ0n) is 12.5. The normalized spacial score (nSPS) is 10.8. The molecule has 0 heterocycles. The van der Waals surface area contributed by atoms with Crippen LogP contribution in [0.3, 0.4) is 0 Å². The number of nitrogens with one attached hydrogen (secondary N) is 2. The Hall–Kier alpha value is -1.54. The Morgan fingerprint density at radius 1 is 1.17 bits per heavy atom. The van der Waals surface area contributed by atoms with Gasteiger partial charge in [-0.25, -0.2) is 4.39 Å². The minimum Gasteiger partial charge on any atom is -0.505 e. The Balaban J connectivity index is 0.00000264. The van der Waals surface area contributed by atoms with Crippen LogP contribution in [0.25, 0.3) is 0 Å². The van der Waals surface area contributed by atoms with E-state index >= 15 is 0 Å². The average molecular weight is 450 g/mol. The molecule has 23 heavy (non-hydrogen) atoms. The second-order valence-electron chi connectivity index (χ2n) is 4.66. The highest BCUT2D eigenvalue weighted by Gasteiger charge is 2.04. The Morgan fingerprint density at radius 3 is 2.52 bits per heavy atom. The Labute approximate surface area is 156 Å². The van der Waals surface area contributed by atoms with Crippen LogP contribution in [-0.4, -0.2) is 18.1 Å². The van der Waals surface area contributed by atoms with Crippen LogP contribution in [0.15, 0.2) is 47.5 Å². The van der Waals surface area contributed by atoms with Gasteiger partial charge in [0.25, 0.3) is 0 Å². The molecule has 0 aliphatic rings. The highest BCUT2D eigenvalue weighted by molar-refractivity contribution is 14.0. The molecule has 7 heteroatoms. The summed E-state index contributed by atoms with van der Waals surface area (Å²) in [6.07, 6.45) is 0. The number of guanidine groups is 1. The van der Waals surface area contributed by atoms with Gasteiger partial charge >= 0.3 is 0 Å². The number of phenols is 1. The second-order valence-corrected chi connectivity index (χ2v) is 5.06. The lowest BCUT2D eigenvalue weighted by molar-refractivity contribution is 0.431. The van der Waals surface area contributed by atoms with Crippen molar-refractivity contribution in [2.75, 3.05) is 7.05 Å². The summed E-state index contributed by atoms with van der Waals surface area (Å²) in [6, 6.07) is 11.8. The van der Waals surface area contributed by atoms with Crippen LogP contribution in [0.5, 0.6) is 5.75 Å². The van der Waals surface area contributed by atoms with Crippen LogP contribution < -0.4 is 10.6 Å². The third-order valence-corrected chi connectivity index (χ3v) is 3.47. The lowest BCUT2D eigenvalue weighted by Crippen LogP contribution is -2.36. The molecule has 3 N–H and O–H groups in total. The Bertz CT molecular complexity index is 682. The van der Waals surface area contributed by atoms with E-state index in [2.05, 4.69) is 15.6 Å². The predicted octanol–water partition coefficient (Wildman–Crippen LogP) is 3.67. The molecule has 0 spiro atoms. The highest BCUT2D eigenvalue weighted by Crippen LogP contribution is 2.16. The first-order valence-corrected chi connectivity index (χ1v) is 7.13. The summed E-state index contributed by atoms with van der Waals surface area (Å²) in [4.78, 5) is 4.10. The molecule has 0 amide bonds. The smallest absolute Gasteiger partial charge is 0.191 e. The standard InChI is InChI=1S/C16H17ClFN3O.HI/c1-19-16(21-10-12-4-2-3-5-13(12)17)20-9-11-6-7-15(22)14(18)8-11;/h2-8,22H,9-10H2,1H3,(H2,19,20,21);1H. The lowest BCUT2D eigenvalue weighted by atomic mass is 10.2. The molecule has 0 saturated carbocycles. The number of nitrogens with zero attached hydrogens (tertiary/aromatic N) is 1. The zero-order chi connectivity index (χ0) is 15.9. The summed E-state index contributed by atoms with van der Waals surface area (Å²) in [5.74, 6) is -0.420. The molecular weight excluding hydrogens is 432 g/mol. The van der Waals surface area contributed by atoms with Crippen molar-refractivity contribution in [1.82, 2.24) is 10.6 Å². The van der Waals surface area contributed by atoms with Crippen molar-refractivity contribution in [3.8, 4) is 5.75 Å². The van der Waals surface area contributed by atoms with Gasteiger partial charge in [0.1, 0.15) is 0 Å². The quantitative estimate of drug-likeness (QED) is 0.379.